The maximum absolute atomic E-state index is 11.6. The van der Waals surface area contributed by atoms with Crippen molar-refractivity contribution in [3.63, 3.8) is 0 Å². The first-order chi connectivity index (χ1) is 7.61. The summed E-state index contributed by atoms with van der Waals surface area (Å²) in [4.78, 5) is 11.6. The maximum atomic E-state index is 11.6. The van der Waals surface area contributed by atoms with E-state index in [1.807, 2.05) is 13.8 Å². The van der Waals surface area contributed by atoms with Gasteiger partial charge in [-0.2, -0.15) is 0 Å². The SMILES string of the molecule is CCNC(C)CC(=O)OC1CCC(C)CC1. The Hall–Kier alpha value is -0.570. The summed E-state index contributed by atoms with van der Waals surface area (Å²) in [5.41, 5.74) is 0. The van der Waals surface area contributed by atoms with E-state index in [0.717, 1.165) is 25.3 Å². The van der Waals surface area contributed by atoms with Crippen LogP contribution in [0, 0.1) is 5.92 Å². The van der Waals surface area contributed by atoms with Gasteiger partial charge in [-0.25, -0.2) is 0 Å². The summed E-state index contributed by atoms with van der Waals surface area (Å²) in [7, 11) is 0. The minimum absolute atomic E-state index is 0.0481. The molecule has 0 radical (unpaired) electrons. The summed E-state index contributed by atoms with van der Waals surface area (Å²) in [6, 6.07) is 0.222. The Bertz CT molecular complexity index is 210. The van der Waals surface area contributed by atoms with E-state index in [0.29, 0.717) is 6.42 Å². The summed E-state index contributed by atoms with van der Waals surface area (Å²) < 4.78 is 5.48. The van der Waals surface area contributed by atoms with Crippen LogP contribution in [-0.2, 0) is 9.53 Å². The molecule has 1 fully saturated rings. The number of rotatable bonds is 5. The maximum Gasteiger partial charge on any atom is 0.307 e. The Kier molecular flexibility index (Phi) is 5.81. The quantitative estimate of drug-likeness (QED) is 0.733. The first-order valence-corrected chi connectivity index (χ1v) is 6.54. The van der Waals surface area contributed by atoms with Crippen LogP contribution in [0.4, 0.5) is 0 Å². The van der Waals surface area contributed by atoms with E-state index in [-0.39, 0.29) is 18.1 Å². The molecule has 0 aliphatic heterocycles. The van der Waals surface area contributed by atoms with Gasteiger partial charge in [0, 0.05) is 6.04 Å². The Morgan fingerprint density at radius 3 is 2.56 bits per heavy atom. The van der Waals surface area contributed by atoms with Crippen molar-refractivity contribution in [3.8, 4) is 0 Å². The highest BCUT2D eigenvalue weighted by molar-refractivity contribution is 5.70. The van der Waals surface area contributed by atoms with Crippen LogP contribution < -0.4 is 5.32 Å². The molecule has 3 heteroatoms. The molecule has 0 amide bonds. The van der Waals surface area contributed by atoms with Crippen LogP contribution >= 0.6 is 0 Å². The van der Waals surface area contributed by atoms with Crippen molar-refractivity contribution in [1.82, 2.24) is 5.32 Å². The minimum atomic E-state index is -0.0481. The first-order valence-electron chi connectivity index (χ1n) is 6.54. The standard InChI is InChI=1S/C13H25NO2/c1-4-14-11(3)9-13(15)16-12-7-5-10(2)6-8-12/h10-12,14H,4-9H2,1-3H3. The molecule has 1 rings (SSSR count). The van der Waals surface area contributed by atoms with Gasteiger partial charge in [-0.15, -0.1) is 0 Å². The molecule has 0 aromatic heterocycles. The second kappa shape index (κ2) is 6.89. The van der Waals surface area contributed by atoms with Crippen molar-refractivity contribution in [2.75, 3.05) is 6.54 Å². The molecule has 0 saturated heterocycles. The van der Waals surface area contributed by atoms with Crippen molar-refractivity contribution in [2.45, 2.75) is 65.0 Å². The minimum Gasteiger partial charge on any atom is -0.462 e. The number of ether oxygens (including phenoxy) is 1. The van der Waals surface area contributed by atoms with Crippen molar-refractivity contribution in [2.24, 2.45) is 5.92 Å². The van der Waals surface area contributed by atoms with Gasteiger partial charge in [0.15, 0.2) is 0 Å². The van der Waals surface area contributed by atoms with E-state index in [2.05, 4.69) is 12.2 Å². The van der Waals surface area contributed by atoms with Gasteiger partial charge in [0.1, 0.15) is 6.10 Å². The Balaban J connectivity index is 2.18. The first kappa shape index (κ1) is 13.5. The van der Waals surface area contributed by atoms with Crippen LogP contribution in [0.2, 0.25) is 0 Å². The zero-order valence-corrected chi connectivity index (χ0v) is 10.8. The fourth-order valence-electron chi connectivity index (χ4n) is 2.25. The monoisotopic (exact) mass is 227 g/mol. The molecular formula is C13H25NO2. The molecule has 0 heterocycles. The molecule has 0 aromatic rings. The summed E-state index contributed by atoms with van der Waals surface area (Å²) in [6.07, 6.45) is 5.14. The fourth-order valence-corrected chi connectivity index (χ4v) is 2.25. The highest BCUT2D eigenvalue weighted by Gasteiger charge is 2.21. The molecule has 16 heavy (non-hydrogen) atoms. The van der Waals surface area contributed by atoms with Crippen LogP contribution in [0.3, 0.4) is 0 Å². The lowest BCUT2D eigenvalue weighted by atomic mass is 9.89. The fraction of sp³-hybridized carbons (Fsp3) is 0.923. The molecule has 1 saturated carbocycles. The second-order valence-electron chi connectivity index (χ2n) is 5.03. The molecular weight excluding hydrogens is 202 g/mol. The van der Waals surface area contributed by atoms with Gasteiger partial charge in [-0.3, -0.25) is 4.79 Å². The van der Waals surface area contributed by atoms with Crippen molar-refractivity contribution in [1.29, 1.82) is 0 Å². The molecule has 94 valence electrons. The molecule has 0 bridgehead atoms. The molecule has 1 N–H and O–H groups in total. The molecule has 0 spiro atoms. The van der Waals surface area contributed by atoms with E-state index in [9.17, 15) is 4.79 Å². The van der Waals surface area contributed by atoms with E-state index < -0.39 is 0 Å². The predicted octanol–water partition coefficient (Wildman–Crippen LogP) is 2.50. The van der Waals surface area contributed by atoms with Crippen molar-refractivity contribution in [3.05, 3.63) is 0 Å². The van der Waals surface area contributed by atoms with E-state index in [1.54, 1.807) is 0 Å². The largest absolute Gasteiger partial charge is 0.462 e. The van der Waals surface area contributed by atoms with Gasteiger partial charge in [0.2, 0.25) is 0 Å². The van der Waals surface area contributed by atoms with Crippen LogP contribution in [0.1, 0.15) is 52.9 Å². The van der Waals surface area contributed by atoms with Gasteiger partial charge in [-0.1, -0.05) is 13.8 Å². The van der Waals surface area contributed by atoms with Crippen LogP contribution in [0.15, 0.2) is 0 Å². The van der Waals surface area contributed by atoms with Gasteiger partial charge in [-0.05, 0) is 45.1 Å². The lowest BCUT2D eigenvalue weighted by Crippen LogP contribution is -2.31. The Morgan fingerprint density at radius 2 is 2.00 bits per heavy atom. The normalized spacial score (nSPS) is 27.4. The van der Waals surface area contributed by atoms with Crippen molar-refractivity contribution < 1.29 is 9.53 Å². The average molecular weight is 227 g/mol. The number of carbonyl (C=O) groups is 1. The average Bonchev–Trinajstić information content (AvgIpc) is 2.21. The molecule has 0 aromatic carbocycles. The van der Waals surface area contributed by atoms with E-state index >= 15 is 0 Å². The molecule has 1 aliphatic carbocycles. The van der Waals surface area contributed by atoms with Gasteiger partial charge in [0.25, 0.3) is 0 Å². The number of esters is 1. The topological polar surface area (TPSA) is 38.3 Å². The third kappa shape index (κ3) is 4.97. The Labute approximate surface area is 98.9 Å². The molecule has 3 nitrogen and oxygen atoms in total. The number of hydrogen-bond acceptors (Lipinski definition) is 3. The third-order valence-electron chi connectivity index (χ3n) is 3.29. The smallest absolute Gasteiger partial charge is 0.307 e. The third-order valence-corrected chi connectivity index (χ3v) is 3.29. The van der Waals surface area contributed by atoms with Crippen LogP contribution in [-0.4, -0.2) is 24.7 Å². The van der Waals surface area contributed by atoms with Gasteiger partial charge in [0.05, 0.1) is 6.42 Å². The second-order valence-corrected chi connectivity index (χ2v) is 5.03. The summed E-state index contributed by atoms with van der Waals surface area (Å²) >= 11 is 0. The summed E-state index contributed by atoms with van der Waals surface area (Å²) in [6.45, 7) is 7.23. The van der Waals surface area contributed by atoms with Crippen molar-refractivity contribution >= 4 is 5.97 Å². The Morgan fingerprint density at radius 1 is 1.38 bits per heavy atom. The van der Waals surface area contributed by atoms with E-state index in [1.165, 1.54) is 12.8 Å². The summed E-state index contributed by atoms with van der Waals surface area (Å²) in [5.74, 6) is 0.753. The number of nitrogens with one attached hydrogen (secondary N) is 1. The lowest BCUT2D eigenvalue weighted by Gasteiger charge is -2.26. The molecule has 1 atom stereocenters. The van der Waals surface area contributed by atoms with Gasteiger partial charge < -0.3 is 10.1 Å². The number of carbonyl (C=O) groups excluding carboxylic acids is 1. The predicted molar refractivity (Wildman–Crippen MR) is 65.3 cm³/mol. The number of hydrogen-bond donors (Lipinski definition) is 1. The molecule has 1 aliphatic rings. The van der Waals surface area contributed by atoms with Crippen LogP contribution in [0.25, 0.3) is 0 Å². The lowest BCUT2D eigenvalue weighted by molar-refractivity contribution is -0.151. The zero-order valence-electron chi connectivity index (χ0n) is 10.8. The summed E-state index contributed by atoms with van der Waals surface area (Å²) in [5, 5.41) is 3.22. The zero-order chi connectivity index (χ0) is 12.0. The van der Waals surface area contributed by atoms with Crippen LogP contribution in [0.5, 0.6) is 0 Å². The van der Waals surface area contributed by atoms with E-state index in [4.69, 9.17) is 4.74 Å². The molecule has 1 unspecified atom stereocenters. The van der Waals surface area contributed by atoms with Gasteiger partial charge >= 0.3 is 5.97 Å². The highest BCUT2D eigenvalue weighted by Crippen LogP contribution is 2.25. The highest BCUT2D eigenvalue weighted by atomic mass is 16.5.